The highest BCUT2D eigenvalue weighted by Gasteiger charge is 2.15. The number of pyridine rings is 1. The van der Waals surface area contributed by atoms with Crippen molar-refractivity contribution >= 4 is 37.2 Å². The van der Waals surface area contributed by atoms with Crippen LogP contribution in [0.25, 0.3) is 31.4 Å². The van der Waals surface area contributed by atoms with Crippen LogP contribution in [0.5, 0.6) is 0 Å². The normalized spacial score (nSPS) is 11.2. The van der Waals surface area contributed by atoms with Crippen molar-refractivity contribution in [3.8, 4) is 11.3 Å². The Bertz CT molecular complexity index is 1070. The van der Waals surface area contributed by atoms with E-state index in [1.54, 1.807) is 17.4 Å². The van der Waals surface area contributed by atoms with Gasteiger partial charge in [-0.25, -0.2) is 4.98 Å². The van der Waals surface area contributed by atoms with Crippen LogP contribution in [0.1, 0.15) is 5.56 Å². The third kappa shape index (κ3) is 2.17. The van der Waals surface area contributed by atoms with Gasteiger partial charge in [-0.15, -0.1) is 11.3 Å². The Balaban J connectivity index is 2.01. The lowest BCUT2D eigenvalue weighted by atomic mass is 10.0. The smallest absolute Gasteiger partial charge is 0.258 e. The SMILES string of the molecule is Cc1cc([N+](=O)[O-])cnc1-c1cccc2c1sc1ccccc12. The first-order valence-corrected chi connectivity index (χ1v) is 7.98. The van der Waals surface area contributed by atoms with Crippen molar-refractivity contribution in [1.29, 1.82) is 0 Å². The van der Waals surface area contributed by atoms with Gasteiger partial charge in [0.2, 0.25) is 0 Å². The van der Waals surface area contributed by atoms with E-state index in [1.807, 2.05) is 31.2 Å². The minimum Gasteiger partial charge on any atom is -0.258 e. The number of hydrogen-bond donors (Lipinski definition) is 0. The van der Waals surface area contributed by atoms with Crippen LogP contribution < -0.4 is 0 Å². The Morgan fingerprint density at radius 1 is 1.09 bits per heavy atom. The largest absolute Gasteiger partial charge is 0.287 e. The van der Waals surface area contributed by atoms with Crippen molar-refractivity contribution in [2.24, 2.45) is 0 Å². The predicted octanol–water partition coefficient (Wildman–Crippen LogP) is 5.33. The van der Waals surface area contributed by atoms with Crippen LogP contribution in [0.15, 0.2) is 54.7 Å². The Labute approximate surface area is 136 Å². The average Bonchev–Trinajstić information content (AvgIpc) is 2.93. The maximum absolute atomic E-state index is 10.9. The minimum absolute atomic E-state index is 0.0229. The fourth-order valence-corrected chi connectivity index (χ4v) is 4.09. The molecule has 0 atom stereocenters. The average molecular weight is 320 g/mol. The van der Waals surface area contributed by atoms with Crippen molar-refractivity contribution in [3.05, 3.63) is 70.4 Å². The number of fused-ring (bicyclic) bond motifs is 3. The second kappa shape index (κ2) is 5.14. The molecule has 0 aliphatic rings. The molecule has 0 aliphatic heterocycles. The Kier molecular flexibility index (Phi) is 3.09. The quantitative estimate of drug-likeness (QED) is 0.370. The molecule has 0 fully saturated rings. The standard InChI is InChI=1S/C18H12N2O2S/c1-11-9-12(20(21)22)10-19-17(11)15-7-4-6-14-13-5-2-3-8-16(13)23-18(14)15/h2-10H,1H3. The van der Waals surface area contributed by atoms with Gasteiger partial charge in [-0.1, -0.05) is 36.4 Å². The van der Waals surface area contributed by atoms with Gasteiger partial charge < -0.3 is 0 Å². The Morgan fingerprint density at radius 2 is 1.87 bits per heavy atom. The Morgan fingerprint density at radius 3 is 2.65 bits per heavy atom. The number of aryl methyl sites for hydroxylation is 1. The molecule has 0 saturated heterocycles. The van der Waals surface area contributed by atoms with Gasteiger partial charge >= 0.3 is 0 Å². The molecular formula is C18H12N2O2S. The van der Waals surface area contributed by atoms with Crippen LogP contribution in [0.4, 0.5) is 5.69 Å². The highest BCUT2D eigenvalue weighted by molar-refractivity contribution is 7.26. The van der Waals surface area contributed by atoms with E-state index in [2.05, 4.69) is 23.2 Å². The molecule has 0 radical (unpaired) electrons. The summed E-state index contributed by atoms with van der Waals surface area (Å²) in [7, 11) is 0. The van der Waals surface area contributed by atoms with Crippen molar-refractivity contribution in [2.45, 2.75) is 6.92 Å². The zero-order valence-electron chi connectivity index (χ0n) is 12.3. The lowest BCUT2D eigenvalue weighted by Gasteiger charge is -2.06. The highest BCUT2D eigenvalue weighted by Crippen LogP contribution is 2.40. The number of nitro groups is 1. The first-order valence-electron chi connectivity index (χ1n) is 7.17. The van der Waals surface area contributed by atoms with Gasteiger partial charge in [-0.2, -0.15) is 0 Å². The van der Waals surface area contributed by atoms with Crippen LogP contribution in [0, 0.1) is 17.0 Å². The second-order valence-corrected chi connectivity index (χ2v) is 6.45. The molecule has 2 aromatic heterocycles. The third-order valence-electron chi connectivity index (χ3n) is 3.93. The van der Waals surface area contributed by atoms with Crippen LogP contribution in [-0.2, 0) is 0 Å². The number of nitrogens with zero attached hydrogens (tertiary/aromatic N) is 2. The summed E-state index contributed by atoms with van der Waals surface area (Å²) in [6.45, 7) is 1.86. The number of thiophene rings is 1. The van der Waals surface area contributed by atoms with E-state index >= 15 is 0 Å². The summed E-state index contributed by atoms with van der Waals surface area (Å²) in [5.41, 5.74) is 2.66. The van der Waals surface area contributed by atoms with Crippen molar-refractivity contribution < 1.29 is 4.92 Å². The molecule has 2 aromatic carbocycles. The van der Waals surface area contributed by atoms with E-state index in [9.17, 15) is 10.1 Å². The molecule has 2 heterocycles. The molecule has 0 N–H and O–H groups in total. The topological polar surface area (TPSA) is 56.0 Å². The van der Waals surface area contributed by atoms with Crippen LogP contribution in [0.3, 0.4) is 0 Å². The fraction of sp³-hybridized carbons (Fsp3) is 0.0556. The van der Waals surface area contributed by atoms with E-state index in [0.717, 1.165) is 21.5 Å². The molecule has 4 aromatic rings. The summed E-state index contributed by atoms with van der Waals surface area (Å²) in [5, 5.41) is 13.3. The number of hydrogen-bond acceptors (Lipinski definition) is 4. The maximum Gasteiger partial charge on any atom is 0.287 e. The third-order valence-corrected chi connectivity index (χ3v) is 5.15. The minimum atomic E-state index is -0.413. The van der Waals surface area contributed by atoms with Crippen LogP contribution in [0.2, 0.25) is 0 Å². The van der Waals surface area contributed by atoms with E-state index < -0.39 is 4.92 Å². The van der Waals surface area contributed by atoms with Crippen molar-refractivity contribution in [2.75, 3.05) is 0 Å². The number of benzene rings is 2. The first kappa shape index (κ1) is 13.8. The molecule has 5 heteroatoms. The summed E-state index contributed by atoms with van der Waals surface area (Å²) < 4.78 is 2.40. The number of aromatic nitrogens is 1. The molecule has 0 amide bonds. The van der Waals surface area contributed by atoms with Gasteiger partial charge in [0.15, 0.2) is 0 Å². The zero-order chi connectivity index (χ0) is 16.0. The van der Waals surface area contributed by atoms with Gasteiger partial charge in [0.05, 0.1) is 10.6 Å². The summed E-state index contributed by atoms with van der Waals surface area (Å²) in [6.07, 6.45) is 1.33. The van der Waals surface area contributed by atoms with Gasteiger partial charge in [-0.3, -0.25) is 10.1 Å². The number of rotatable bonds is 2. The van der Waals surface area contributed by atoms with Gasteiger partial charge in [0.25, 0.3) is 5.69 Å². The second-order valence-electron chi connectivity index (χ2n) is 5.40. The molecule has 4 rings (SSSR count). The van der Waals surface area contributed by atoms with E-state index in [4.69, 9.17) is 0 Å². The lowest BCUT2D eigenvalue weighted by molar-refractivity contribution is -0.385. The molecule has 0 spiro atoms. The molecule has 4 nitrogen and oxygen atoms in total. The van der Waals surface area contributed by atoms with Crippen molar-refractivity contribution in [1.82, 2.24) is 4.98 Å². The fourth-order valence-electron chi connectivity index (χ4n) is 2.88. The van der Waals surface area contributed by atoms with Crippen molar-refractivity contribution in [3.63, 3.8) is 0 Å². The summed E-state index contributed by atoms with van der Waals surface area (Å²) in [6, 6.07) is 16.0. The zero-order valence-corrected chi connectivity index (χ0v) is 13.1. The molecular weight excluding hydrogens is 308 g/mol. The summed E-state index contributed by atoms with van der Waals surface area (Å²) >= 11 is 1.73. The predicted molar refractivity (Wildman–Crippen MR) is 94.0 cm³/mol. The van der Waals surface area contributed by atoms with Gasteiger partial charge in [0, 0.05) is 31.8 Å². The monoisotopic (exact) mass is 320 g/mol. The highest BCUT2D eigenvalue weighted by atomic mass is 32.1. The molecule has 0 unspecified atom stereocenters. The maximum atomic E-state index is 10.9. The van der Waals surface area contributed by atoms with E-state index in [1.165, 1.54) is 21.7 Å². The van der Waals surface area contributed by atoms with E-state index in [-0.39, 0.29) is 5.69 Å². The first-order chi connectivity index (χ1) is 11.1. The molecule has 0 bridgehead atoms. The molecule has 0 aliphatic carbocycles. The lowest BCUT2D eigenvalue weighted by Crippen LogP contribution is -1.93. The van der Waals surface area contributed by atoms with Gasteiger partial charge in [0.1, 0.15) is 6.20 Å². The summed E-state index contributed by atoms with van der Waals surface area (Å²) in [5.74, 6) is 0. The van der Waals surface area contributed by atoms with Crippen LogP contribution >= 0.6 is 11.3 Å². The van der Waals surface area contributed by atoms with Crippen LogP contribution in [-0.4, -0.2) is 9.91 Å². The molecule has 23 heavy (non-hydrogen) atoms. The van der Waals surface area contributed by atoms with Gasteiger partial charge in [-0.05, 0) is 18.6 Å². The molecule has 112 valence electrons. The van der Waals surface area contributed by atoms with E-state index in [0.29, 0.717) is 0 Å². The Hall–Kier alpha value is -2.79. The molecule has 0 saturated carbocycles. The summed E-state index contributed by atoms with van der Waals surface area (Å²) in [4.78, 5) is 14.8.